The molecule has 1 atom stereocenters. The van der Waals surface area contributed by atoms with Crippen LogP contribution in [0.25, 0.3) is 0 Å². The number of hydrogen-bond acceptors (Lipinski definition) is 4. The quantitative estimate of drug-likeness (QED) is 0.427. The van der Waals surface area contributed by atoms with Crippen LogP contribution in [-0.4, -0.2) is 50.7 Å². The Kier molecular flexibility index (Phi) is 11.9. The molecule has 1 N–H and O–H groups in total. The van der Waals surface area contributed by atoms with E-state index in [0.717, 1.165) is 19.1 Å². The number of aliphatic carboxylic acids is 1. The van der Waals surface area contributed by atoms with Gasteiger partial charge in [0.05, 0.1) is 33.0 Å². The molecule has 0 saturated carbocycles. The van der Waals surface area contributed by atoms with Crippen LogP contribution in [0, 0.1) is 5.92 Å². The highest BCUT2D eigenvalue weighted by Crippen LogP contribution is 1.97. The van der Waals surface area contributed by atoms with Gasteiger partial charge >= 0.3 is 5.97 Å². The smallest absolute Gasteiger partial charge is 0.327 e. The van der Waals surface area contributed by atoms with Crippen LogP contribution in [0.15, 0.2) is 12.2 Å². The molecule has 0 aromatic rings. The van der Waals surface area contributed by atoms with Crippen molar-refractivity contribution < 1.29 is 24.1 Å². The predicted octanol–water partition coefficient (Wildman–Crippen LogP) is 1.72. The van der Waals surface area contributed by atoms with Gasteiger partial charge in [0.25, 0.3) is 0 Å². The van der Waals surface area contributed by atoms with Gasteiger partial charge in [-0.2, -0.15) is 0 Å². The third-order valence-electron chi connectivity index (χ3n) is 2.04. The highest BCUT2D eigenvalue weighted by atomic mass is 16.5. The monoisotopic (exact) mass is 260 g/mol. The van der Waals surface area contributed by atoms with Crippen molar-refractivity contribution in [2.75, 3.05) is 39.6 Å². The molecule has 0 rings (SSSR count). The molecule has 0 bridgehead atoms. The third-order valence-corrected chi connectivity index (χ3v) is 2.04. The fourth-order valence-electron chi connectivity index (χ4n) is 1.16. The highest BCUT2D eigenvalue weighted by Gasteiger charge is 1.98. The molecule has 0 aliphatic heterocycles. The van der Waals surface area contributed by atoms with Crippen molar-refractivity contribution in [1.82, 2.24) is 0 Å². The summed E-state index contributed by atoms with van der Waals surface area (Å²) >= 11 is 0. The van der Waals surface area contributed by atoms with Crippen LogP contribution < -0.4 is 0 Å². The maximum atomic E-state index is 10.3. The van der Waals surface area contributed by atoms with Crippen LogP contribution in [0.1, 0.15) is 20.3 Å². The molecule has 0 fully saturated rings. The molecule has 0 radical (unpaired) electrons. The summed E-state index contributed by atoms with van der Waals surface area (Å²) < 4.78 is 15.9. The maximum Gasteiger partial charge on any atom is 0.327 e. The molecule has 0 heterocycles. The number of ether oxygens (including phenoxy) is 3. The van der Waals surface area contributed by atoms with Gasteiger partial charge in [-0.1, -0.05) is 19.9 Å². The SMILES string of the molecule is CCCOCCOCCOCC(C)C=CC(=O)O. The van der Waals surface area contributed by atoms with Crippen molar-refractivity contribution in [3.8, 4) is 0 Å². The lowest BCUT2D eigenvalue weighted by Crippen LogP contribution is -2.12. The molecule has 5 heteroatoms. The predicted molar refractivity (Wildman–Crippen MR) is 68.7 cm³/mol. The standard InChI is InChI=1S/C13H24O5/c1-3-6-16-7-8-17-9-10-18-11-12(2)4-5-13(14)15/h4-5,12H,3,6-11H2,1-2H3,(H,14,15). The summed E-state index contributed by atoms with van der Waals surface area (Å²) in [4.78, 5) is 10.3. The van der Waals surface area contributed by atoms with Gasteiger partial charge < -0.3 is 19.3 Å². The Morgan fingerprint density at radius 2 is 1.67 bits per heavy atom. The summed E-state index contributed by atoms with van der Waals surface area (Å²) in [6, 6.07) is 0. The minimum atomic E-state index is -0.933. The zero-order valence-corrected chi connectivity index (χ0v) is 11.3. The fraction of sp³-hybridized carbons (Fsp3) is 0.769. The van der Waals surface area contributed by atoms with Crippen molar-refractivity contribution in [3.05, 3.63) is 12.2 Å². The van der Waals surface area contributed by atoms with E-state index < -0.39 is 5.97 Å². The van der Waals surface area contributed by atoms with Gasteiger partial charge in [-0.3, -0.25) is 0 Å². The molecule has 0 aliphatic carbocycles. The number of rotatable bonds is 12. The molecular weight excluding hydrogens is 236 g/mol. The van der Waals surface area contributed by atoms with E-state index in [1.165, 1.54) is 0 Å². The molecule has 0 amide bonds. The normalized spacial score (nSPS) is 13.0. The Bertz CT molecular complexity index is 227. The van der Waals surface area contributed by atoms with Gasteiger partial charge in [-0.05, 0) is 12.3 Å². The molecular formula is C13H24O5. The highest BCUT2D eigenvalue weighted by molar-refractivity contribution is 5.79. The lowest BCUT2D eigenvalue weighted by molar-refractivity contribution is -0.131. The summed E-state index contributed by atoms with van der Waals surface area (Å²) in [5.41, 5.74) is 0. The Hall–Kier alpha value is -0.910. The maximum absolute atomic E-state index is 10.3. The molecule has 0 saturated heterocycles. The van der Waals surface area contributed by atoms with Crippen LogP contribution in [0.2, 0.25) is 0 Å². The molecule has 0 aliphatic rings. The molecule has 0 aromatic carbocycles. The van der Waals surface area contributed by atoms with Crippen LogP contribution >= 0.6 is 0 Å². The lowest BCUT2D eigenvalue weighted by atomic mass is 10.2. The van der Waals surface area contributed by atoms with Crippen LogP contribution in [0.3, 0.4) is 0 Å². The third kappa shape index (κ3) is 13.2. The van der Waals surface area contributed by atoms with Crippen LogP contribution in [0.4, 0.5) is 0 Å². The molecule has 0 spiro atoms. The molecule has 18 heavy (non-hydrogen) atoms. The number of hydrogen-bond donors (Lipinski definition) is 1. The average molecular weight is 260 g/mol. The van der Waals surface area contributed by atoms with Gasteiger partial charge in [-0.15, -0.1) is 0 Å². The minimum Gasteiger partial charge on any atom is -0.478 e. The van der Waals surface area contributed by atoms with E-state index >= 15 is 0 Å². The Morgan fingerprint density at radius 3 is 2.22 bits per heavy atom. The molecule has 5 nitrogen and oxygen atoms in total. The van der Waals surface area contributed by atoms with Crippen LogP contribution in [0.5, 0.6) is 0 Å². The number of carboxylic acids is 1. The second kappa shape index (κ2) is 12.5. The fourth-order valence-corrected chi connectivity index (χ4v) is 1.16. The summed E-state index contributed by atoms with van der Waals surface area (Å²) in [6.07, 6.45) is 3.77. The second-order valence-corrected chi connectivity index (χ2v) is 3.97. The first-order valence-corrected chi connectivity index (χ1v) is 6.31. The van der Waals surface area contributed by atoms with E-state index in [1.54, 1.807) is 6.08 Å². The largest absolute Gasteiger partial charge is 0.478 e. The van der Waals surface area contributed by atoms with Gasteiger partial charge in [-0.25, -0.2) is 4.79 Å². The number of carbonyl (C=O) groups is 1. The van der Waals surface area contributed by atoms with E-state index in [9.17, 15) is 4.79 Å². The Labute approximate surface area is 109 Å². The van der Waals surface area contributed by atoms with Crippen molar-refractivity contribution in [2.45, 2.75) is 20.3 Å². The van der Waals surface area contributed by atoms with Crippen molar-refractivity contribution >= 4 is 5.97 Å². The van der Waals surface area contributed by atoms with Gasteiger partial charge in [0, 0.05) is 12.7 Å². The average Bonchev–Trinajstić information content (AvgIpc) is 2.34. The van der Waals surface area contributed by atoms with Gasteiger partial charge in [0.2, 0.25) is 0 Å². The first-order valence-electron chi connectivity index (χ1n) is 6.31. The summed E-state index contributed by atoms with van der Waals surface area (Å²) in [5.74, 6) is -0.841. The lowest BCUT2D eigenvalue weighted by Gasteiger charge is -2.08. The first-order chi connectivity index (χ1) is 8.66. The van der Waals surface area contributed by atoms with E-state index in [-0.39, 0.29) is 5.92 Å². The van der Waals surface area contributed by atoms with Crippen molar-refractivity contribution in [1.29, 1.82) is 0 Å². The zero-order valence-electron chi connectivity index (χ0n) is 11.3. The topological polar surface area (TPSA) is 65.0 Å². The minimum absolute atomic E-state index is 0.0917. The number of carboxylic acid groups (broad SMARTS) is 1. The zero-order chi connectivity index (χ0) is 13.6. The van der Waals surface area contributed by atoms with Gasteiger partial charge in [0.15, 0.2) is 0 Å². The van der Waals surface area contributed by atoms with Gasteiger partial charge in [0.1, 0.15) is 0 Å². The second-order valence-electron chi connectivity index (χ2n) is 3.97. The van der Waals surface area contributed by atoms with Crippen molar-refractivity contribution in [3.63, 3.8) is 0 Å². The van der Waals surface area contributed by atoms with E-state index in [4.69, 9.17) is 19.3 Å². The van der Waals surface area contributed by atoms with E-state index in [1.807, 2.05) is 6.92 Å². The Balaban J connectivity index is 3.22. The first kappa shape index (κ1) is 17.1. The summed E-state index contributed by atoms with van der Waals surface area (Å²) in [6.45, 7) is 7.48. The molecule has 1 unspecified atom stereocenters. The van der Waals surface area contributed by atoms with Crippen molar-refractivity contribution in [2.24, 2.45) is 5.92 Å². The summed E-state index contributed by atoms with van der Waals surface area (Å²) in [7, 11) is 0. The Morgan fingerprint density at radius 1 is 1.11 bits per heavy atom. The molecule has 106 valence electrons. The van der Waals surface area contributed by atoms with E-state index in [2.05, 4.69) is 6.92 Å². The van der Waals surface area contributed by atoms with E-state index in [0.29, 0.717) is 33.0 Å². The summed E-state index contributed by atoms with van der Waals surface area (Å²) in [5, 5.41) is 8.43. The van der Waals surface area contributed by atoms with Crippen LogP contribution in [-0.2, 0) is 19.0 Å². The molecule has 0 aromatic heterocycles.